The van der Waals surface area contributed by atoms with Gasteiger partial charge in [-0.1, -0.05) is 61.0 Å². The van der Waals surface area contributed by atoms with E-state index in [4.69, 9.17) is 4.74 Å². The molecule has 3 aromatic carbocycles. The number of hydrogen-bond donors (Lipinski definition) is 1. The third kappa shape index (κ3) is 6.46. The first-order valence-corrected chi connectivity index (χ1v) is 13.1. The Kier molecular flexibility index (Phi) is 7.98. The molecule has 0 unspecified atom stereocenters. The number of nitrogens with one attached hydrogen (secondary N) is 1. The zero-order valence-corrected chi connectivity index (χ0v) is 20.0. The molecule has 4 rings (SSSR count). The van der Waals surface area contributed by atoms with Crippen LogP contribution >= 0.6 is 0 Å². The molecule has 0 aliphatic carbocycles. The van der Waals surface area contributed by atoms with Gasteiger partial charge in [-0.05, 0) is 53.8 Å². The normalized spacial score (nSPS) is 14.5. The van der Waals surface area contributed by atoms with Crippen LogP contribution in [-0.2, 0) is 34.4 Å². The second kappa shape index (κ2) is 11.3. The van der Waals surface area contributed by atoms with Crippen molar-refractivity contribution in [1.29, 1.82) is 0 Å². The molecule has 0 saturated carbocycles. The van der Waals surface area contributed by atoms with Crippen LogP contribution in [0.15, 0.2) is 83.8 Å². The van der Waals surface area contributed by atoms with Crippen molar-refractivity contribution >= 4 is 15.9 Å². The number of rotatable bonds is 9. The minimum atomic E-state index is -3.45. The molecular formula is C27H30N2O4S. The standard InChI is InChI=1S/C27H30N2O4S/c30-27(19-22-11-15-26(16-12-22)34(31,32)29-17-5-2-6-18-29)28-20-23-9-13-25(14-10-23)33-21-24-7-3-1-4-8-24/h1,3-4,7-16H,2,5-6,17-21H2,(H,28,30). The molecule has 6 nitrogen and oxygen atoms in total. The van der Waals surface area contributed by atoms with Crippen molar-refractivity contribution in [2.24, 2.45) is 0 Å². The highest BCUT2D eigenvalue weighted by atomic mass is 32.2. The molecular weight excluding hydrogens is 448 g/mol. The van der Waals surface area contributed by atoms with Crippen molar-refractivity contribution in [3.8, 4) is 5.75 Å². The predicted molar refractivity (Wildman–Crippen MR) is 132 cm³/mol. The highest BCUT2D eigenvalue weighted by Crippen LogP contribution is 2.21. The number of hydrogen-bond acceptors (Lipinski definition) is 4. The van der Waals surface area contributed by atoms with Crippen molar-refractivity contribution in [1.82, 2.24) is 9.62 Å². The van der Waals surface area contributed by atoms with Gasteiger partial charge in [-0.15, -0.1) is 0 Å². The van der Waals surface area contributed by atoms with E-state index in [2.05, 4.69) is 5.32 Å². The summed E-state index contributed by atoms with van der Waals surface area (Å²) in [6, 6.07) is 24.3. The molecule has 0 atom stereocenters. The Bertz CT molecular complexity index is 1170. The van der Waals surface area contributed by atoms with E-state index >= 15 is 0 Å². The largest absolute Gasteiger partial charge is 0.489 e. The molecule has 1 fully saturated rings. The number of benzene rings is 3. The molecule has 178 valence electrons. The van der Waals surface area contributed by atoms with E-state index in [1.807, 2.05) is 54.6 Å². The maximum atomic E-state index is 12.8. The monoisotopic (exact) mass is 478 g/mol. The van der Waals surface area contributed by atoms with Crippen molar-refractivity contribution in [3.63, 3.8) is 0 Å². The van der Waals surface area contributed by atoms with Gasteiger partial charge in [0.05, 0.1) is 11.3 Å². The van der Waals surface area contributed by atoms with E-state index < -0.39 is 10.0 Å². The second-order valence-electron chi connectivity index (χ2n) is 8.48. The minimum Gasteiger partial charge on any atom is -0.489 e. The van der Waals surface area contributed by atoms with Crippen molar-refractivity contribution in [2.45, 2.75) is 43.7 Å². The van der Waals surface area contributed by atoms with E-state index in [9.17, 15) is 13.2 Å². The van der Waals surface area contributed by atoms with Gasteiger partial charge in [0.15, 0.2) is 0 Å². The highest BCUT2D eigenvalue weighted by Gasteiger charge is 2.25. The van der Waals surface area contributed by atoms with Gasteiger partial charge in [-0.2, -0.15) is 4.31 Å². The van der Waals surface area contributed by atoms with Crippen LogP contribution in [0.2, 0.25) is 0 Å². The summed E-state index contributed by atoms with van der Waals surface area (Å²) in [5.74, 6) is 0.662. The summed E-state index contributed by atoms with van der Waals surface area (Å²) < 4.78 is 32.9. The molecule has 0 bridgehead atoms. The van der Waals surface area contributed by atoms with E-state index in [0.29, 0.717) is 26.2 Å². The number of nitrogens with zero attached hydrogens (tertiary/aromatic N) is 1. The van der Waals surface area contributed by atoms with Crippen LogP contribution in [0.25, 0.3) is 0 Å². The van der Waals surface area contributed by atoms with E-state index in [1.165, 1.54) is 0 Å². The van der Waals surface area contributed by atoms with Crippen LogP contribution in [0.3, 0.4) is 0 Å². The van der Waals surface area contributed by atoms with Crippen LogP contribution < -0.4 is 10.1 Å². The lowest BCUT2D eigenvalue weighted by molar-refractivity contribution is -0.120. The lowest BCUT2D eigenvalue weighted by atomic mass is 10.1. The Balaban J connectivity index is 1.24. The average Bonchev–Trinajstić information content (AvgIpc) is 2.88. The van der Waals surface area contributed by atoms with Gasteiger partial charge in [0.25, 0.3) is 0 Å². The lowest BCUT2D eigenvalue weighted by Crippen LogP contribution is -2.35. The molecule has 34 heavy (non-hydrogen) atoms. The van der Waals surface area contributed by atoms with Gasteiger partial charge in [0.1, 0.15) is 12.4 Å². The molecule has 0 spiro atoms. The molecule has 3 aromatic rings. The van der Waals surface area contributed by atoms with Crippen LogP contribution in [0, 0.1) is 0 Å². The van der Waals surface area contributed by atoms with Crippen LogP contribution in [0.1, 0.15) is 36.0 Å². The van der Waals surface area contributed by atoms with Crippen LogP contribution in [0.5, 0.6) is 5.75 Å². The third-order valence-electron chi connectivity index (χ3n) is 5.90. The first-order valence-electron chi connectivity index (χ1n) is 11.6. The quantitative estimate of drug-likeness (QED) is 0.498. The maximum absolute atomic E-state index is 12.8. The van der Waals surface area contributed by atoms with Gasteiger partial charge >= 0.3 is 0 Å². The molecule has 0 aromatic heterocycles. The third-order valence-corrected chi connectivity index (χ3v) is 7.82. The first-order chi connectivity index (χ1) is 16.5. The van der Waals surface area contributed by atoms with E-state index in [-0.39, 0.29) is 17.2 Å². The Morgan fingerprint density at radius 1 is 0.794 bits per heavy atom. The molecule has 1 saturated heterocycles. The number of piperidine rings is 1. The zero-order chi connectivity index (χ0) is 23.8. The maximum Gasteiger partial charge on any atom is 0.243 e. The van der Waals surface area contributed by atoms with Gasteiger partial charge in [0, 0.05) is 19.6 Å². The molecule has 1 aliphatic rings. The molecule has 1 aliphatic heterocycles. The van der Waals surface area contributed by atoms with Crippen molar-refractivity contribution < 1.29 is 17.9 Å². The fraction of sp³-hybridized carbons (Fsp3) is 0.296. The van der Waals surface area contributed by atoms with Gasteiger partial charge in [0.2, 0.25) is 15.9 Å². The molecule has 7 heteroatoms. The highest BCUT2D eigenvalue weighted by molar-refractivity contribution is 7.89. The summed E-state index contributed by atoms with van der Waals surface area (Å²) in [5.41, 5.74) is 2.86. The van der Waals surface area contributed by atoms with Gasteiger partial charge < -0.3 is 10.1 Å². The fourth-order valence-electron chi connectivity index (χ4n) is 3.93. The summed E-state index contributed by atoms with van der Waals surface area (Å²) in [6.45, 7) is 2.08. The van der Waals surface area contributed by atoms with Crippen LogP contribution in [0.4, 0.5) is 0 Å². The Morgan fingerprint density at radius 2 is 1.44 bits per heavy atom. The van der Waals surface area contributed by atoms with Gasteiger partial charge in [-0.3, -0.25) is 4.79 Å². The number of carbonyl (C=O) groups is 1. The average molecular weight is 479 g/mol. The molecule has 1 heterocycles. The molecule has 1 N–H and O–H groups in total. The summed E-state index contributed by atoms with van der Waals surface area (Å²) >= 11 is 0. The zero-order valence-electron chi connectivity index (χ0n) is 19.2. The number of carbonyl (C=O) groups excluding carboxylic acids is 1. The van der Waals surface area contributed by atoms with Crippen molar-refractivity contribution in [2.75, 3.05) is 13.1 Å². The van der Waals surface area contributed by atoms with E-state index in [1.54, 1.807) is 28.6 Å². The Morgan fingerprint density at radius 3 is 2.12 bits per heavy atom. The number of amides is 1. The summed E-state index contributed by atoms with van der Waals surface area (Å²) in [7, 11) is -3.45. The summed E-state index contributed by atoms with van der Waals surface area (Å²) in [4.78, 5) is 12.7. The number of sulfonamides is 1. The molecule has 0 radical (unpaired) electrons. The summed E-state index contributed by atoms with van der Waals surface area (Å²) in [6.07, 6.45) is 3.08. The fourth-order valence-corrected chi connectivity index (χ4v) is 5.44. The van der Waals surface area contributed by atoms with E-state index in [0.717, 1.165) is 41.7 Å². The smallest absolute Gasteiger partial charge is 0.243 e. The minimum absolute atomic E-state index is 0.115. The van der Waals surface area contributed by atoms with Crippen LogP contribution in [-0.4, -0.2) is 31.7 Å². The lowest BCUT2D eigenvalue weighted by Gasteiger charge is -2.25. The SMILES string of the molecule is O=C(Cc1ccc(S(=O)(=O)N2CCCCC2)cc1)NCc1ccc(OCc2ccccc2)cc1. The second-order valence-corrected chi connectivity index (χ2v) is 10.4. The number of ether oxygens (including phenoxy) is 1. The topological polar surface area (TPSA) is 75.7 Å². The predicted octanol–water partition coefficient (Wildman–Crippen LogP) is 4.30. The first kappa shape index (κ1) is 24.0. The molecule has 1 amide bonds. The van der Waals surface area contributed by atoms with Gasteiger partial charge in [-0.25, -0.2) is 8.42 Å². The Hall–Kier alpha value is -3.16. The Labute approximate surface area is 201 Å². The van der Waals surface area contributed by atoms with Crippen molar-refractivity contribution in [3.05, 3.63) is 95.6 Å². The summed E-state index contributed by atoms with van der Waals surface area (Å²) in [5, 5.41) is 2.92.